The maximum absolute atomic E-state index is 11.9. The molecule has 1 rings (SSSR count). The van der Waals surface area contributed by atoms with E-state index in [2.05, 4.69) is 13.8 Å². The molecular weight excluding hydrogens is 396 g/mol. The molecule has 0 aromatic heterocycles. The Kier molecular flexibility index (Phi) is 13.6. The zero-order valence-corrected chi connectivity index (χ0v) is 19.9. The van der Waals surface area contributed by atoms with Crippen molar-refractivity contribution in [3.8, 4) is 23.0 Å². The lowest BCUT2D eigenvalue weighted by Gasteiger charge is -2.20. The van der Waals surface area contributed by atoms with Crippen LogP contribution in [-0.4, -0.2) is 36.5 Å². The number of benzene rings is 1. The summed E-state index contributed by atoms with van der Waals surface area (Å²) in [6.07, 6.45) is 13.4. The molecule has 2 N–H and O–H groups in total. The van der Waals surface area contributed by atoms with Gasteiger partial charge in [0.05, 0.1) is 20.3 Å². The highest BCUT2D eigenvalue weighted by molar-refractivity contribution is 5.97. The molecule has 0 saturated heterocycles. The van der Waals surface area contributed by atoms with Gasteiger partial charge in [-0.25, -0.2) is 4.79 Å². The van der Waals surface area contributed by atoms with Gasteiger partial charge in [-0.05, 0) is 19.8 Å². The maximum Gasteiger partial charge on any atom is 0.343 e. The first-order valence-corrected chi connectivity index (χ1v) is 11.9. The number of phenols is 1. The molecule has 0 bridgehead atoms. The second-order valence-corrected chi connectivity index (χ2v) is 8.08. The van der Waals surface area contributed by atoms with Crippen LogP contribution in [0.3, 0.4) is 0 Å². The van der Waals surface area contributed by atoms with E-state index in [0.29, 0.717) is 24.5 Å². The van der Waals surface area contributed by atoms with Gasteiger partial charge in [-0.15, -0.1) is 0 Å². The van der Waals surface area contributed by atoms with Crippen molar-refractivity contribution in [1.29, 1.82) is 0 Å². The van der Waals surface area contributed by atoms with Gasteiger partial charge in [-0.1, -0.05) is 78.1 Å². The van der Waals surface area contributed by atoms with Crippen LogP contribution in [0, 0.1) is 6.92 Å². The Labute approximate surface area is 187 Å². The fraction of sp³-hybridized carbons (Fsp3) is 0.720. The lowest BCUT2D eigenvalue weighted by molar-refractivity contribution is 0.0686. The molecule has 0 aliphatic carbocycles. The predicted octanol–water partition coefficient (Wildman–Crippen LogP) is 6.89. The summed E-state index contributed by atoms with van der Waals surface area (Å²) in [6, 6.07) is 0. The van der Waals surface area contributed by atoms with Crippen LogP contribution in [0.2, 0.25) is 0 Å². The van der Waals surface area contributed by atoms with Crippen LogP contribution in [0.25, 0.3) is 0 Å². The molecule has 0 amide bonds. The maximum atomic E-state index is 11.9. The molecule has 31 heavy (non-hydrogen) atoms. The van der Waals surface area contributed by atoms with Gasteiger partial charge in [-0.2, -0.15) is 0 Å². The van der Waals surface area contributed by atoms with Gasteiger partial charge in [0.1, 0.15) is 0 Å². The molecule has 0 fully saturated rings. The predicted molar refractivity (Wildman–Crippen MR) is 124 cm³/mol. The number of carboxylic acids is 1. The van der Waals surface area contributed by atoms with Crippen molar-refractivity contribution in [3.63, 3.8) is 0 Å². The number of hydrogen-bond acceptors (Lipinski definition) is 5. The first kappa shape index (κ1) is 26.9. The summed E-state index contributed by atoms with van der Waals surface area (Å²) in [4.78, 5) is 11.9. The Morgan fingerprint density at radius 2 is 1.19 bits per heavy atom. The van der Waals surface area contributed by atoms with E-state index in [4.69, 9.17) is 14.2 Å². The molecule has 6 nitrogen and oxygen atoms in total. The fourth-order valence-corrected chi connectivity index (χ4v) is 3.66. The molecule has 0 radical (unpaired) electrons. The van der Waals surface area contributed by atoms with Gasteiger partial charge >= 0.3 is 5.97 Å². The van der Waals surface area contributed by atoms with Crippen LogP contribution in [0.4, 0.5) is 0 Å². The van der Waals surface area contributed by atoms with Gasteiger partial charge in [0.2, 0.25) is 0 Å². The summed E-state index contributed by atoms with van der Waals surface area (Å²) in [6.45, 7) is 6.97. The third-order valence-corrected chi connectivity index (χ3v) is 5.47. The number of aromatic hydroxyl groups is 1. The van der Waals surface area contributed by atoms with Gasteiger partial charge < -0.3 is 24.4 Å². The normalized spacial score (nSPS) is 10.8. The molecule has 0 atom stereocenters. The average Bonchev–Trinajstić information content (AvgIpc) is 2.74. The summed E-state index contributed by atoms with van der Waals surface area (Å²) in [5.41, 5.74) is 0.250. The average molecular weight is 439 g/mol. The molecule has 1 aromatic carbocycles. The largest absolute Gasteiger partial charge is 0.504 e. The smallest absolute Gasteiger partial charge is 0.343 e. The third-order valence-electron chi connectivity index (χ3n) is 5.47. The Morgan fingerprint density at radius 1 is 0.742 bits per heavy atom. The van der Waals surface area contributed by atoms with E-state index >= 15 is 0 Å². The molecule has 0 unspecified atom stereocenters. The fourth-order valence-electron chi connectivity index (χ4n) is 3.66. The molecule has 178 valence electrons. The SMILES string of the molecule is CCCCCCCCOc1c(C)c(OC)c(O)c(C(=O)O)c1OCCCCCCCC. The van der Waals surface area contributed by atoms with Crippen molar-refractivity contribution in [2.45, 2.75) is 97.8 Å². The van der Waals surface area contributed by atoms with Crippen LogP contribution in [0.5, 0.6) is 23.0 Å². The molecule has 0 saturated carbocycles. The Hall–Kier alpha value is -2.11. The second kappa shape index (κ2) is 15.7. The lowest BCUT2D eigenvalue weighted by Crippen LogP contribution is -2.11. The van der Waals surface area contributed by atoms with Gasteiger partial charge in [-0.3, -0.25) is 0 Å². The monoisotopic (exact) mass is 438 g/mol. The highest BCUT2D eigenvalue weighted by Crippen LogP contribution is 2.48. The van der Waals surface area contributed by atoms with E-state index < -0.39 is 11.7 Å². The highest BCUT2D eigenvalue weighted by atomic mass is 16.5. The van der Waals surface area contributed by atoms with Crippen molar-refractivity contribution in [2.75, 3.05) is 20.3 Å². The Balaban J connectivity index is 2.90. The number of hydrogen-bond donors (Lipinski definition) is 2. The topological polar surface area (TPSA) is 85.2 Å². The van der Waals surface area contributed by atoms with Crippen LogP contribution in [0.1, 0.15) is 107 Å². The summed E-state index contributed by atoms with van der Waals surface area (Å²) in [7, 11) is 1.40. The van der Waals surface area contributed by atoms with E-state index in [1.165, 1.54) is 45.6 Å². The minimum Gasteiger partial charge on any atom is -0.504 e. The summed E-state index contributed by atoms with van der Waals surface area (Å²) in [5.74, 6) is -1.12. The van der Waals surface area contributed by atoms with E-state index in [-0.39, 0.29) is 17.1 Å². The van der Waals surface area contributed by atoms with Crippen molar-refractivity contribution in [2.24, 2.45) is 0 Å². The van der Waals surface area contributed by atoms with Crippen molar-refractivity contribution < 1.29 is 29.2 Å². The molecule has 0 aliphatic rings. The molecule has 1 aromatic rings. The summed E-state index contributed by atoms with van der Waals surface area (Å²) < 4.78 is 17.1. The Morgan fingerprint density at radius 3 is 1.65 bits per heavy atom. The minimum absolute atomic E-state index is 0.0999. The number of aromatic carboxylic acids is 1. The van der Waals surface area contributed by atoms with E-state index in [0.717, 1.165) is 38.5 Å². The number of carbonyl (C=O) groups is 1. The van der Waals surface area contributed by atoms with Crippen LogP contribution in [-0.2, 0) is 0 Å². The molecule has 0 spiro atoms. The van der Waals surface area contributed by atoms with Gasteiger partial charge in [0.25, 0.3) is 0 Å². The zero-order valence-electron chi connectivity index (χ0n) is 19.9. The Bertz CT molecular complexity index is 656. The van der Waals surface area contributed by atoms with Crippen molar-refractivity contribution >= 4 is 5.97 Å². The standard InChI is InChI=1S/C25H42O6/c1-5-7-9-11-13-15-17-30-23-19(3)22(29-4)21(26)20(25(27)28)24(23)31-18-16-14-12-10-8-6-2/h26H,5-18H2,1-4H3,(H,27,28). The van der Waals surface area contributed by atoms with Crippen molar-refractivity contribution in [3.05, 3.63) is 11.1 Å². The number of unbranched alkanes of at least 4 members (excludes halogenated alkanes) is 10. The molecule has 6 heteroatoms. The molecule has 0 aliphatic heterocycles. The van der Waals surface area contributed by atoms with Crippen LogP contribution in [0.15, 0.2) is 0 Å². The van der Waals surface area contributed by atoms with E-state index in [1.807, 2.05) is 0 Å². The quantitative estimate of drug-likeness (QED) is 0.243. The van der Waals surface area contributed by atoms with E-state index in [9.17, 15) is 15.0 Å². The minimum atomic E-state index is -1.27. The van der Waals surface area contributed by atoms with Crippen LogP contribution < -0.4 is 14.2 Å². The van der Waals surface area contributed by atoms with Gasteiger partial charge in [0.15, 0.2) is 28.6 Å². The van der Waals surface area contributed by atoms with Gasteiger partial charge in [0, 0.05) is 5.56 Å². The third kappa shape index (κ3) is 8.88. The van der Waals surface area contributed by atoms with Crippen LogP contribution >= 0.6 is 0 Å². The number of carboxylic acid groups (broad SMARTS) is 1. The summed E-state index contributed by atoms with van der Waals surface area (Å²) in [5, 5.41) is 20.2. The number of rotatable bonds is 18. The summed E-state index contributed by atoms with van der Waals surface area (Å²) >= 11 is 0. The first-order valence-electron chi connectivity index (χ1n) is 11.9. The second-order valence-electron chi connectivity index (χ2n) is 8.08. The highest BCUT2D eigenvalue weighted by Gasteiger charge is 2.29. The van der Waals surface area contributed by atoms with E-state index in [1.54, 1.807) is 6.92 Å². The van der Waals surface area contributed by atoms with Crippen molar-refractivity contribution in [1.82, 2.24) is 0 Å². The first-order chi connectivity index (χ1) is 15.0. The zero-order chi connectivity index (χ0) is 23.1. The molecular formula is C25H42O6. The lowest BCUT2D eigenvalue weighted by atomic mass is 10.1. The number of ether oxygens (including phenoxy) is 3. The number of methoxy groups -OCH3 is 1. The molecule has 0 heterocycles.